The number of hydrogen-bond acceptors (Lipinski definition) is 1. The Balaban J connectivity index is 2.50. The van der Waals surface area contributed by atoms with Gasteiger partial charge >= 0.3 is 0 Å². The van der Waals surface area contributed by atoms with Crippen molar-refractivity contribution in [2.24, 2.45) is 14.1 Å². The maximum absolute atomic E-state index is 9.32. The maximum atomic E-state index is 9.32. The lowest BCUT2D eigenvalue weighted by Crippen LogP contribution is -2.59. The normalized spacial score (nSPS) is 10.4. The van der Waals surface area contributed by atoms with Crippen LogP contribution < -0.4 is 15.8 Å². The van der Waals surface area contributed by atoms with Crippen LogP contribution in [0.15, 0.2) is 42.7 Å². The molecule has 4 heteroatoms. The molecule has 0 aliphatic heterocycles. The Morgan fingerprint density at radius 2 is 2.00 bits per heavy atom. The van der Waals surface area contributed by atoms with Gasteiger partial charge in [0.25, 0.3) is 0 Å². The molecule has 79 valence electrons. The van der Waals surface area contributed by atoms with E-state index in [-0.39, 0.29) is 6.71 Å². The first-order valence-corrected chi connectivity index (χ1v) is 5.19. The molecular formula is C12H13BN3. The molecule has 0 saturated carbocycles. The van der Waals surface area contributed by atoms with Gasteiger partial charge in [-0.1, -0.05) is 30.3 Å². The van der Waals surface area contributed by atoms with E-state index in [9.17, 15) is 5.26 Å². The van der Waals surface area contributed by atoms with Crippen molar-refractivity contribution in [3.63, 3.8) is 0 Å². The lowest BCUT2D eigenvalue weighted by molar-refractivity contribution is -0.653. The number of aromatic nitrogens is 2. The monoisotopic (exact) mass is 210 g/mol. The largest absolute Gasteiger partial charge is 0.275 e. The van der Waals surface area contributed by atoms with E-state index in [1.807, 2.05) is 66.0 Å². The third-order valence-corrected chi connectivity index (χ3v) is 2.76. The Morgan fingerprint density at radius 3 is 2.50 bits per heavy atom. The van der Waals surface area contributed by atoms with Crippen LogP contribution in [0.3, 0.4) is 0 Å². The topological polar surface area (TPSA) is 32.6 Å². The quantitative estimate of drug-likeness (QED) is 0.486. The van der Waals surface area contributed by atoms with Crippen molar-refractivity contribution in [3.05, 3.63) is 42.7 Å². The zero-order valence-electron chi connectivity index (χ0n) is 9.46. The first-order valence-electron chi connectivity index (χ1n) is 5.19. The Bertz CT molecular complexity index is 505. The molecular weight excluding hydrogens is 197 g/mol. The summed E-state index contributed by atoms with van der Waals surface area (Å²) < 4.78 is 3.97. The highest BCUT2D eigenvalue weighted by Crippen LogP contribution is 1.88. The van der Waals surface area contributed by atoms with Gasteiger partial charge in [-0.05, 0) is 0 Å². The smallest absolute Gasteiger partial charge is 0.152 e. The highest BCUT2D eigenvalue weighted by Gasteiger charge is 2.15. The van der Waals surface area contributed by atoms with Crippen LogP contribution in [0.2, 0.25) is 0 Å². The summed E-state index contributed by atoms with van der Waals surface area (Å²) in [6.45, 7) is -0.216. The highest BCUT2D eigenvalue weighted by molar-refractivity contribution is 6.89. The van der Waals surface area contributed by atoms with Crippen LogP contribution in [-0.2, 0) is 14.1 Å². The number of nitrogens with zero attached hydrogens (tertiary/aromatic N) is 3. The van der Waals surface area contributed by atoms with Gasteiger partial charge in [0.1, 0.15) is 12.4 Å². The Labute approximate surface area is 95.6 Å². The van der Waals surface area contributed by atoms with Crippen LogP contribution in [0.5, 0.6) is 0 Å². The minimum atomic E-state index is -0.216. The molecule has 1 aromatic heterocycles. The van der Waals surface area contributed by atoms with Crippen molar-refractivity contribution in [1.29, 1.82) is 5.26 Å². The third-order valence-electron chi connectivity index (χ3n) is 2.76. The van der Waals surface area contributed by atoms with Gasteiger partial charge in [0, 0.05) is 0 Å². The lowest BCUT2D eigenvalue weighted by Gasteiger charge is -2.16. The van der Waals surface area contributed by atoms with E-state index in [1.165, 1.54) is 0 Å². The van der Waals surface area contributed by atoms with Gasteiger partial charge in [-0.25, -0.2) is 5.46 Å². The summed E-state index contributed by atoms with van der Waals surface area (Å²) in [6, 6.07) is 9.86. The summed E-state index contributed by atoms with van der Waals surface area (Å²) >= 11 is 0. The van der Waals surface area contributed by atoms with E-state index in [4.69, 9.17) is 0 Å². The number of benzene rings is 1. The molecule has 1 aromatic carbocycles. The number of aryl methyl sites for hydroxylation is 2. The summed E-state index contributed by atoms with van der Waals surface area (Å²) in [6.07, 6.45) is 3.92. The van der Waals surface area contributed by atoms with Crippen molar-refractivity contribution in [2.45, 2.75) is 0 Å². The molecule has 0 fully saturated rings. The van der Waals surface area contributed by atoms with Crippen LogP contribution >= 0.6 is 0 Å². The molecule has 2 aromatic rings. The van der Waals surface area contributed by atoms with Crippen molar-refractivity contribution < 1.29 is 4.57 Å². The highest BCUT2D eigenvalue weighted by atomic mass is 15.1. The predicted molar refractivity (Wildman–Crippen MR) is 63.7 cm³/mol. The Kier molecular flexibility index (Phi) is 2.78. The molecule has 0 N–H and O–H groups in total. The van der Waals surface area contributed by atoms with Gasteiger partial charge in [-0.2, -0.15) is 5.97 Å². The van der Waals surface area contributed by atoms with Gasteiger partial charge < -0.3 is 0 Å². The second-order valence-corrected chi connectivity index (χ2v) is 3.85. The average Bonchev–Trinajstić information content (AvgIpc) is 2.63. The average molecular weight is 210 g/mol. The first kappa shape index (κ1) is 10.5. The number of rotatable bonds is 2. The fraction of sp³-hybridized carbons (Fsp3) is 0.167. The fourth-order valence-electron chi connectivity index (χ4n) is 1.94. The van der Waals surface area contributed by atoms with E-state index in [2.05, 4.69) is 5.97 Å². The predicted octanol–water partition coefficient (Wildman–Crippen LogP) is -0.479. The number of hydrogen-bond donors (Lipinski definition) is 0. The van der Waals surface area contributed by atoms with Crippen molar-refractivity contribution >= 4 is 17.9 Å². The van der Waals surface area contributed by atoms with E-state index in [0.717, 1.165) is 11.2 Å². The summed E-state index contributed by atoms with van der Waals surface area (Å²) in [5, 5.41) is 9.32. The molecule has 1 radical (unpaired) electrons. The third kappa shape index (κ3) is 1.72. The van der Waals surface area contributed by atoms with Gasteiger partial charge in [0.2, 0.25) is 0 Å². The second kappa shape index (κ2) is 4.24. The van der Waals surface area contributed by atoms with E-state index >= 15 is 0 Å². The van der Waals surface area contributed by atoms with Crippen molar-refractivity contribution in [1.82, 2.24) is 4.57 Å². The van der Waals surface area contributed by atoms with E-state index in [1.54, 1.807) is 0 Å². The molecule has 16 heavy (non-hydrogen) atoms. The molecule has 0 spiro atoms. The molecule has 0 bridgehead atoms. The summed E-state index contributed by atoms with van der Waals surface area (Å²) in [4.78, 5) is 0. The number of nitriles is 1. The molecule has 0 unspecified atom stereocenters. The molecule has 0 aliphatic rings. The first-order chi connectivity index (χ1) is 7.74. The molecule has 0 atom stereocenters. The van der Waals surface area contributed by atoms with Crippen LogP contribution in [0.1, 0.15) is 0 Å². The second-order valence-electron chi connectivity index (χ2n) is 3.85. The van der Waals surface area contributed by atoms with Gasteiger partial charge in [0.15, 0.2) is 6.71 Å². The fourth-order valence-corrected chi connectivity index (χ4v) is 1.94. The molecule has 2 rings (SSSR count). The number of imidazole rings is 1. The Hall–Kier alpha value is -2.02. The molecule has 3 nitrogen and oxygen atoms in total. The van der Waals surface area contributed by atoms with Crippen LogP contribution in [0, 0.1) is 11.2 Å². The molecule has 0 saturated heterocycles. The minimum absolute atomic E-state index is 0.216. The zero-order chi connectivity index (χ0) is 11.5. The van der Waals surface area contributed by atoms with Crippen LogP contribution in [0.4, 0.5) is 0 Å². The lowest BCUT2D eigenvalue weighted by atomic mass is 9.45. The van der Waals surface area contributed by atoms with Crippen molar-refractivity contribution in [3.8, 4) is 5.97 Å². The summed E-state index contributed by atoms with van der Waals surface area (Å²) in [5.74, 6) is 2.36. The standard InChI is InChI=1S/C12H13BN3/c1-15-8-9-16(2)12(15)13(10-14)11-6-4-3-5-7-11/h3-9H,1-2H3. The minimum Gasteiger partial charge on any atom is -0.275 e. The summed E-state index contributed by atoms with van der Waals surface area (Å²) in [7, 11) is 3.92. The zero-order valence-corrected chi connectivity index (χ0v) is 9.46. The van der Waals surface area contributed by atoms with Gasteiger partial charge in [0.05, 0.1) is 19.8 Å². The maximum Gasteiger partial charge on any atom is 0.152 e. The Morgan fingerprint density at radius 1 is 1.31 bits per heavy atom. The SMILES string of the molecule is Cn1cc[n+](C)c1[B-](C#N)c1ccccc1. The molecule has 0 amide bonds. The molecule has 0 aliphatic carbocycles. The van der Waals surface area contributed by atoms with Crippen LogP contribution in [-0.4, -0.2) is 11.3 Å². The van der Waals surface area contributed by atoms with E-state index < -0.39 is 0 Å². The van der Waals surface area contributed by atoms with E-state index in [0.29, 0.717) is 0 Å². The van der Waals surface area contributed by atoms with Gasteiger partial charge in [-0.15, -0.1) is 0 Å². The van der Waals surface area contributed by atoms with Crippen molar-refractivity contribution in [2.75, 3.05) is 0 Å². The molecule has 1 heterocycles. The van der Waals surface area contributed by atoms with Crippen LogP contribution in [0.25, 0.3) is 0 Å². The van der Waals surface area contributed by atoms with Gasteiger partial charge in [-0.3, -0.25) is 14.4 Å². The summed E-state index contributed by atoms with van der Waals surface area (Å²) in [5.41, 5.74) is 2.02.